The lowest BCUT2D eigenvalue weighted by Crippen LogP contribution is -2.39. The van der Waals surface area contributed by atoms with Gasteiger partial charge in [-0.05, 0) is 97.1 Å². The van der Waals surface area contributed by atoms with Gasteiger partial charge in [-0.3, -0.25) is 0 Å². The van der Waals surface area contributed by atoms with Crippen LogP contribution in [0.25, 0.3) is 45.5 Å². The van der Waals surface area contributed by atoms with Gasteiger partial charge in [0.05, 0.1) is 56.4 Å². The quantitative estimate of drug-likeness (QED) is 0.121. The molecule has 0 radical (unpaired) electrons. The van der Waals surface area contributed by atoms with E-state index in [2.05, 4.69) is 134 Å². The summed E-state index contributed by atoms with van der Waals surface area (Å²) in [6.45, 7) is 0. The van der Waals surface area contributed by atoms with E-state index < -0.39 is 29.6 Å². The van der Waals surface area contributed by atoms with Crippen LogP contribution in [0.1, 0.15) is 0 Å². The van der Waals surface area contributed by atoms with Gasteiger partial charge in [-0.15, -0.1) is 0 Å². The molecule has 0 atom stereocenters. The second kappa shape index (κ2) is 50.7. The van der Waals surface area contributed by atoms with Crippen molar-refractivity contribution < 1.29 is 94.0 Å². The predicted molar refractivity (Wildman–Crippen MR) is 403 cm³/mol. The molecular formula is C80H88B4F4N16O8. The van der Waals surface area contributed by atoms with E-state index in [0.29, 0.717) is 0 Å². The van der Waals surface area contributed by atoms with Crippen molar-refractivity contribution in [2.45, 2.75) is 0 Å². The average molecular weight is 1520 g/mol. The fraction of sp³-hybridized carbons (Fsp3) is 0.100. The van der Waals surface area contributed by atoms with Crippen LogP contribution >= 0.6 is 0 Å². The van der Waals surface area contributed by atoms with Gasteiger partial charge in [0.15, 0.2) is 0 Å². The first-order chi connectivity index (χ1) is 53.8. The van der Waals surface area contributed by atoms with Crippen molar-refractivity contribution in [3.63, 3.8) is 0 Å². The van der Waals surface area contributed by atoms with Crippen LogP contribution in [0.15, 0.2) is 392 Å². The minimum Gasteiger partial charge on any atom is -0.867 e. The van der Waals surface area contributed by atoms with Crippen LogP contribution in [-0.2, 0) is 56.4 Å². The summed E-state index contributed by atoms with van der Waals surface area (Å²) < 4.78 is 72.4. The summed E-state index contributed by atoms with van der Waals surface area (Å²) in [4.78, 5) is 0. The third-order valence-electron chi connectivity index (χ3n) is 14.6. The standard InChI is InChI=1S/8C10H11N2.4BFO2/c8*1-11-7-8-12(9-11)10-5-3-2-4-6-10;4*2-1(3)4/h8*2-9H,1H3;;;;/q8*+1;4*-2. The largest absolute Gasteiger partial charge is 0.867 e. The number of para-hydroxylation sites is 8. The maximum absolute atomic E-state index is 9.89. The number of benzene rings is 8. The van der Waals surface area contributed by atoms with Gasteiger partial charge in [-0.1, -0.05) is 146 Å². The zero-order valence-electron chi connectivity index (χ0n) is 63.2. The Morgan fingerprint density at radius 3 is 0.321 bits per heavy atom. The first-order valence-electron chi connectivity index (χ1n) is 34.3. The molecule has 0 amide bonds. The maximum Gasteiger partial charge on any atom is 0.248 e. The minimum atomic E-state index is -3.17. The van der Waals surface area contributed by atoms with Gasteiger partial charge in [0.2, 0.25) is 50.6 Å². The third kappa shape index (κ3) is 37.3. The van der Waals surface area contributed by atoms with Gasteiger partial charge < -0.3 is 57.5 Å². The molecule has 0 N–H and O–H groups in total. The summed E-state index contributed by atoms with van der Waals surface area (Å²) in [5.41, 5.74) is 9.54. The van der Waals surface area contributed by atoms with Crippen LogP contribution in [0.2, 0.25) is 0 Å². The number of hydrogen-bond acceptors (Lipinski definition) is 8. The van der Waals surface area contributed by atoms with Crippen molar-refractivity contribution in [3.8, 4) is 45.5 Å². The Labute approximate surface area is 651 Å². The second-order valence-electron chi connectivity index (χ2n) is 23.7. The summed E-state index contributed by atoms with van der Waals surface area (Å²) >= 11 is 0. The first-order valence-corrected chi connectivity index (χ1v) is 34.3. The molecule has 8 heterocycles. The highest BCUT2D eigenvalue weighted by atomic mass is 19.1. The SMILES string of the molecule is Cn1cc[n+](-c2ccccc2)c1.Cn1cc[n+](-c2ccccc2)c1.Cn1cc[n+](-c2ccccc2)c1.Cn1cc[n+](-c2ccccc2)c1.Cn1cc[n+](-c2ccccc2)c1.Cn1cc[n+](-c2ccccc2)c1.Cn1cc[n+](-c2ccccc2)c1.Cn1cc[n+](-c2ccccc2)c1.[O-]B([O-])F.[O-]B([O-])F.[O-]B([O-])F.[O-]B([O-])F. The fourth-order valence-corrected chi connectivity index (χ4v) is 9.62. The van der Waals surface area contributed by atoms with Crippen molar-refractivity contribution in [2.24, 2.45) is 56.4 Å². The van der Waals surface area contributed by atoms with Crippen LogP contribution in [0.5, 0.6) is 0 Å². The van der Waals surface area contributed by atoms with E-state index in [0.717, 1.165) is 0 Å². The molecule has 0 saturated heterocycles. The molecule has 0 spiro atoms. The number of halogens is 4. The van der Waals surface area contributed by atoms with Crippen molar-refractivity contribution in [1.82, 2.24) is 36.5 Å². The van der Waals surface area contributed by atoms with E-state index in [4.69, 9.17) is 40.2 Å². The molecule has 112 heavy (non-hydrogen) atoms. The molecule has 8 aromatic carbocycles. The lowest BCUT2D eigenvalue weighted by molar-refractivity contribution is -0.595. The Morgan fingerprint density at radius 2 is 0.259 bits per heavy atom. The monoisotopic (exact) mass is 1520 g/mol. The predicted octanol–water partition coefficient (Wildman–Crippen LogP) is 1.06. The molecule has 16 aromatic rings. The molecule has 16 rings (SSSR count). The number of hydrogen-bond donors (Lipinski definition) is 0. The highest BCUT2D eigenvalue weighted by Gasteiger charge is 2.08. The molecule has 24 nitrogen and oxygen atoms in total. The molecule has 0 aliphatic carbocycles. The minimum absolute atomic E-state index is 1.19. The smallest absolute Gasteiger partial charge is 0.248 e. The molecule has 8 aromatic heterocycles. The lowest BCUT2D eigenvalue weighted by atomic mass is 10.3. The Balaban J connectivity index is 0.000000223. The van der Waals surface area contributed by atoms with E-state index in [1.54, 1.807) is 0 Å². The molecule has 0 unspecified atom stereocenters. The van der Waals surface area contributed by atoms with Gasteiger partial charge in [0.25, 0.3) is 0 Å². The van der Waals surface area contributed by atoms with E-state index in [1.807, 2.05) is 388 Å². The third-order valence-corrected chi connectivity index (χ3v) is 14.6. The van der Waals surface area contributed by atoms with Gasteiger partial charge >= 0.3 is 0 Å². The number of nitrogens with zero attached hydrogens (tertiary/aromatic N) is 16. The van der Waals surface area contributed by atoms with Gasteiger partial charge in [-0.25, -0.2) is 73.1 Å². The summed E-state index contributed by atoms with van der Waals surface area (Å²) in [6, 6.07) is 82.1. The molecule has 0 fully saturated rings. The first kappa shape index (κ1) is 89.7. The molecular weight excluding hydrogens is 1430 g/mol. The zero-order valence-corrected chi connectivity index (χ0v) is 63.2. The number of imidazole rings is 8. The zero-order chi connectivity index (χ0) is 81.4. The average Bonchev–Trinajstić information content (AvgIpc) is 1.50. The summed E-state index contributed by atoms with van der Waals surface area (Å²) in [6.07, 6.45) is 48.8. The molecule has 0 aliphatic heterocycles. The molecule has 0 aliphatic rings. The fourth-order valence-electron chi connectivity index (χ4n) is 9.62. The Hall–Kier alpha value is -12.9. The van der Waals surface area contributed by atoms with Crippen LogP contribution in [-0.4, -0.2) is 66.1 Å². The molecule has 576 valence electrons. The number of aryl methyl sites for hydroxylation is 8. The van der Waals surface area contributed by atoms with Crippen LogP contribution < -0.4 is 76.7 Å². The van der Waals surface area contributed by atoms with Crippen molar-refractivity contribution >= 4 is 29.6 Å². The van der Waals surface area contributed by atoms with Crippen LogP contribution in [0, 0.1) is 0 Å². The Bertz CT molecular complexity index is 4090. The highest BCUT2D eigenvalue weighted by Crippen LogP contribution is 2.04. The molecule has 32 heteroatoms. The van der Waals surface area contributed by atoms with E-state index in [9.17, 15) is 17.3 Å². The summed E-state index contributed by atoms with van der Waals surface area (Å²) in [7, 11) is 3.44. The van der Waals surface area contributed by atoms with Crippen molar-refractivity contribution in [1.29, 1.82) is 0 Å². The molecule has 0 bridgehead atoms. The lowest BCUT2D eigenvalue weighted by Gasteiger charge is -2.09. The van der Waals surface area contributed by atoms with E-state index >= 15 is 0 Å². The topological polar surface area (TPSA) is 255 Å². The van der Waals surface area contributed by atoms with Gasteiger partial charge in [0, 0.05) is 0 Å². The molecule has 0 saturated carbocycles. The number of rotatable bonds is 8. The van der Waals surface area contributed by atoms with E-state index in [-0.39, 0.29) is 0 Å². The normalized spacial score (nSPS) is 9.61. The van der Waals surface area contributed by atoms with Gasteiger partial charge in [-0.2, -0.15) is 0 Å². The van der Waals surface area contributed by atoms with Crippen molar-refractivity contribution in [2.75, 3.05) is 0 Å². The van der Waals surface area contributed by atoms with Gasteiger partial charge in [0.1, 0.15) is 174 Å². The Morgan fingerprint density at radius 1 is 0.179 bits per heavy atom. The number of aromatic nitrogens is 16. The maximum atomic E-state index is 9.89. The Kier molecular flexibility index (Phi) is 40.6. The van der Waals surface area contributed by atoms with E-state index in [1.165, 1.54) is 45.5 Å². The van der Waals surface area contributed by atoms with Crippen LogP contribution in [0.4, 0.5) is 17.3 Å². The second-order valence-corrected chi connectivity index (χ2v) is 23.7. The summed E-state index contributed by atoms with van der Waals surface area (Å²) in [5.74, 6) is 0. The van der Waals surface area contributed by atoms with Crippen molar-refractivity contribution in [3.05, 3.63) is 392 Å². The summed E-state index contributed by atoms with van der Waals surface area (Å²) in [5, 5.41) is 66.4. The highest BCUT2D eigenvalue weighted by molar-refractivity contribution is 6.27. The van der Waals surface area contributed by atoms with Crippen LogP contribution in [0.3, 0.4) is 0 Å².